The zero-order chi connectivity index (χ0) is 15.6. The summed E-state index contributed by atoms with van der Waals surface area (Å²) in [5.74, 6) is 0.666. The minimum atomic E-state index is -0.0504. The maximum atomic E-state index is 11.4. The number of hydrogen-bond acceptors (Lipinski definition) is 4. The second kappa shape index (κ2) is 6.49. The number of nitrogen functional groups attached to an aromatic ring is 1. The second-order valence-electron chi connectivity index (χ2n) is 4.45. The van der Waals surface area contributed by atoms with Gasteiger partial charge in [-0.2, -0.15) is 0 Å². The third-order valence-electron chi connectivity index (χ3n) is 2.95. The molecule has 2 rings (SSSR count). The van der Waals surface area contributed by atoms with Crippen molar-refractivity contribution < 1.29 is 9.53 Å². The second-order valence-corrected chi connectivity index (χ2v) is 6.16. The normalized spacial score (nSPS) is 10.3. The van der Waals surface area contributed by atoms with E-state index in [0.717, 1.165) is 20.3 Å². The molecule has 110 valence electrons. The zero-order valence-electron chi connectivity index (χ0n) is 11.5. The summed E-state index contributed by atoms with van der Waals surface area (Å²) in [6.45, 7) is 1.50. The smallest absolute Gasteiger partial charge is 0.161 e. The summed E-state index contributed by atoms with van der Waals surface area (Å²) < 4.78 is 7.01. The number of Topliss-reactive ketones (excluding diaryl/α,β-unsaturated/α-hetero) is 1. The topological polar surface area (TPSA) is 64.3 Å². The highest BCUT2D eigenvalue weighted by Gasteiger charge is 2.09. The van der Waals surface area contributed by atoms with Crippen LogP contribution in [-0.4, -0.2) is 12.9 Å². The molecule has 4 nitrogen and oxygen atoms in total. The van der Waals surface area contributed by atoms with Gasteiger partial charge in [-0.05, 0) is 63.0 Å². The molecule has 6 heteroatoms. The maximum absolute atomic E-state index is 11.4. The third-order valence-corrected chi connectivity index (χ3v) is 4.23. The van der Waals surface area contributed by atoms with Crippen LogP contribution in [0.25, 0.3) is 0 Å². The van der Waals surface area contributed by atoms with Crippen LogP contribution in [0.15, 0.2) is 39.3 Å². The van der Waals surface area contributed by atoms with Crippen LogP contribution in [0.4, 0.5) is 17.1 Å². The van der Waals surface area contributed by atoms with E-state index in [2.05, 4.69) is 37.2 Å². The van der Waals surface area contributed by atoms with Crippen LogP contribution < -0.4 is 15.8 Å². The summed E-state index contributed by atoms with van der Waals surface area (Å²) in [4.78, 5) is 11.4. The lowest BCUT2D eigenvalue weighted by atomic mass is 10.1. The Balaban J connectivity index is 2.34. The van der Waals surface area contributed by atoms with Crippen LogP contribution in [0.1, 0.15) is 17.3 Å². The Morgan fingerprint density at radius 2 is 1.90 bits per heavy atom. The summed E-state index contributed by atoms with van der Waals surface area (Å²) in [6.07, 6.45) is 0. The van der Waals surface area contributed by atoms with Gasteiger partial charge >= 0.3 is 0 Å². The average Bonchev–Trinajstić information content (AvgIpc) is 2.41. The quantitative estimate of drug-likeness (QED) is 0.560. The molecule has 0 unspecified atom stereocenters. The molecule has 0 radical (unpaired) electrons. The summed E-state index contributed by atoms with van der Waals surface area (Å²) in [5, 5.41) is 3.24. The number of ether oxygens (including phenoxy) is 1. The van der Waals surface area contributed by atoms with Gasteiger partial charge in [0.25, 0.3) is 0 Å². The lowest BCUT2D eigenvalue weighted by Gasteiger charge is -2.13. The molecule has 0 aromatic heterocycles. The van der Waals surface area contributed by atoms with E-state index < -0.39 is 0 Å². The van der Waals surface area contributed by atoms with E-state index in [-0.39, 0.29) is 5.78 Å². The standard InChI is InChI=1S/C15H14Br2N2O2/c1-8(20)10-4-3-9(5-13(10)18)19-14-7-15(21-2)12(17)6-11(14)16/h3-7,19H,18H2,1-2H3. The van der Waals surface area contributed by atoms with Crippen molar-refractivity contribution >= 4 is 54.7 Å². The number of anilines is 3. The van der Waals surface area contributed by atoms with Crippen LogP contribution >= 0.6 is 31.9 Å². The van der Waals surface area contributed by atoms with Crippen LogP contribution in [0.5, 0.6) is 5.75 Å². The lowest BCUT2D eigenvalue weighted by Crippen LogP contribution is -2.01. The molecule has 0 atom stereocenters. The zero-order valence-corrected chi connectivity index (χ0v) is 14.7. The molecule has 0 aliphatic rings. The largest absolute Gasteiger partial charge is 0.495 e. The maximum Gasteiger partial charge on any atom is 0.161 e. The summed E-state index contributed by atoms with van der Waals surface area (Å²) >= 11 is 6.91. The number of benzene rings is 2. The Hall–Kier alpha value is -1.53. The fraction of sp³-hybridized carbons (Fsp3) is 0.133. The number of rotatable bonds is 4. The van der Waals surface area contributed by atoms with Gasteiger partial charge in [-0.3, -0.25) is 4.79 Å². The van der Waals surface area contributed by atoms with E-state index in [4.69, 9.17) is 10.5 Å². The minimum Gasteiger partial charge on any atom is -0.495 e. The van der Waals surface area contributed by atoms with Gasteiger partial charge in [0.1, 0.15) is 5.75 Å². The van der Waals surface area contributed by atoms with Gasteiger partial charge in [-0.15, -0.1) is 0 Å². The molecule has 3 N–H and O–H groups in total. The first-order valence-electron chi connectivity index (χ1n) is 6.13. The molecule has 0 saturated heterocycles. The fourth-order valence-electron chi connectivity index (χ4n) is 1.90. The van der Waals surface area contributed by atoms with Crippen LogP contribution in [0.2, 0.25) is 0 Å². The van der Waals surface area contributed by atoms with E-state index in [1.807, 2.05) is 18.2 Å². The molecular weight excluding hydrogens is 400 g/mol. The number of carbonyl (C=O) groups is 1. The lowest BCUT2D eigenvalue weighted by molar-refractivity contribution is 0.101. The van der Waals surface area contributed by atoms with Crippen molar-refractivity contribution in [3.63, 3.8) is 0 Å². The first kappa shape index (κ1) is 15.9. The van der Waals surface area contributed by atoms with E-state index in [1.165, 1.54) is 6.92 Å². The van der Waals surface area contributed by atoms with Crippen molar-refractivity contribution in [2.24, 2.45) is 0 Å². The highest BCUT2D eigenvalue weighted by molar-refractivity contribution is 9.11. The molecule has 0 aliphatic carbocycles. The molecular formula is C15H14Br2N2O2. The Bertz CT molecular complexity index is 702. The first-order valence-corrected chi connectivity index (χ1v) is 7.71. The van der Waals surface area contributed by atoms with Gasteiger partial charge in [-0.1, -0.05) is 0 Å². The number of methoxy groups -OCH3 is 1. The van der Waals surface area contributed by atoms with Gasteiger partial charge in [-0.25, -0.2) is 0 Å². The van der Waals surface area contributed by atoms with Crippen LogP contribution in [0.3, 0.4) is 0 Å². The third kappa shape index (κ3) is 3.57. The Labute approximate surface area is 139 Å². The van der Waals surface area contributed by atoms with Crippen molar-refractivity contribution in [2.45, 2.75) is 6.92 Å². The number of nitrogens with one attached hydrogen (secondary N) is 1. The molecule has 0 saturated carbocycles. The monoisotopic (exact) mass is 412 g/mol. The van der Waals surface area contributed by atoms with Crippen LogP contribution in [-0.2, 0) is 0 Å². The molecule has 0 heterocycles. The number of ketones is 1. The summed E-state index contributed by atoms with van der Waals surface area (Å²) in [6, 6.07) is 9.02. The molecule has 0 amide bonds. The molecule has 2 aromatic rings. The van der Waals surface area contributed by atoms with Crippen molar-refractivity contribution in [3.05, 3.63) is 44.8 Å². The number of hydrogen-bond donors (Lipinski definition) is 2. The van der Waals surface area contributed by atoms with Crippen molar-refractivity contribution in [2.75, 3.05) is 18.2 Å². The fourth-order valence-corrected chi connectivity index (χ4v) is 3.15. The molecule has 2 aromatic carbocycles. The van der Waals surface area contributed by atoms with E-state index in [0.29, 0.717) is 17.0 Å². The molecule has 0 aliphatic heterocycles. The van der Waals surface area contributed by atoms with Crippen LogP contribution in [0, 0.1) is 0 Å². The van der Waals surface area contributed by atoms with E-state index >= 15 is 0 Å². The van der Waals surface area contributed by atoms with Gasteiger partial charge in [0.2, 0.25) is 0 Å². The highest BCUT2D eigenvalue weighted by atomic mass is 79.9. The van der Waals surface area contributed by atoms with Gasteiger partial charge in [0, 0.05) is 27.5 Å². The van der Waals surface area contributed by atoms with Crippen molar-refractivity contribution in [3.8, 4) is 5.75 Å². The SMILES string of the molecule is COc1cc(Nc2ccc(C(C)=O)c(N)c2)c(Br)cc1Br. The Kier molecular flexibility index (Phi) is 4.90. The number of carbonyl (C=O) groups excluding carboxylic acids is 1. The van der Waals surface area contributed by atoms with Crippen molar-refractivity contribution in [1.29, 1.82) is 0 Å². The summed E-state index contributed by atoms with van der Waals surface area (Å²) in [7, 11) is 1.61. The minimum absolute atomic E-state index is 0.0504. The molecule has 21 heavy (non-hydrogen) atoms. The number of nitrogens with two attached hydrogens (primary N) is 1. The van der Waals surface area contributed by atoms with Gasteiger partial charge in [0.15, 0.2) is 5.78 Å². The molecule has 0 bridgehead atoms. The van der Waals surface area contributed by atoms with Crippen molar-refractivity contribution in [1.82, 2.24) is 0 Å². The Morgan fingerprint density at radius 3 is 2.48 bits per heavy atom. The van der Waals surface area contributed by atoms with Gasteiger partial charge in [0.05, 0.1) is 17.3 Å². The van der Waals surface area contributed by atoms with E-state index in [1.54, 1.807) is 19.2 Å². The average molecular weight is 414 g/mol. The first-order chi connectivity index (χ1) is 9.92. The number of halogens is 2. The van der Waals surface area contributed by atoms with E-state index in [9.17, 15) is 4.79 Å². The van der Waals surface area contributed by atoms with Gasteiger partial charge < -0.3 is 15.8 Å². The summed E-state index contributed by atoms with van der Waals surface area (Å²) in [5.41, 5.74) is 8.49. The predicted octanol–water partition coefficient (Wildman–Crippen LogP) is 4.75. The Morgan fingerprint density at radius 1 is 1.19 bits per heavy atom. The predicted molar refractivity (Wildman–Crippen MR) is 92.5 cm³/mol. The highest BCUT2D eigenvalue weighted by Crippen LogP contribution is 2.36. The molecule has 0 fully saturated rings. The molecule has 0 spiro atoms.